The van der Waals surface area contributed by atoms with E-state index < -0.39 is 10.0 Å². The van der Waals surface area contributed by atoms with Gasteiger partial charge in [0.2, 0.25) is 15.9 Å². The molecule has 0 aliphatic carbocycles. The molecule has 0 heterocycles. The summed E-state index contributed by atoms with van der Waals surface area (Å²) in [5.41, 5.74) is 0. The van der Waals surface area contributed by atoms with Gasteiger partial charge < -0.3 is 10.1 Å². The molecule has 0 aromatic heterocycles. The fraction of sp³-hybridized carbons (Fsp3) is 0.364. The summed E-state index contributed by atoms with van der Waals surface area (Å²) < 4.78 is 27.3. The topological polar surface area (TPSA) is 98.5 Å². The third kappa shape index (κ3) is 4.72. The summed E-state index contributed by atoms with van der Waals surface area (Å²) in [5.74, 6) is 0.408. The Morgan fingerprint density at radius 3 is 2.44 bits per heavy atom. The zero-order valence-corrected chi connectivity index (χ0v) is 10.9. The minimum Gasteiger partial charge on any atom is -0.493 e. The molecule has 0 fully saturated rings. The lowest BCUT2D eigenvalue weighted by Crippen LogP contribution is -2.24. The molecule has 0 atom stereocenters. The molecule has 0 spiro atoms. The number of nitrogens with two attached hydrogens (primary N) is 1. The van der Waals surface area contributed by atoms with Crippen molar-refractivity contribution in [1.29, 1.82) is 0 Å². The van der Waals surface area contributed by atoms with Gasteiger partial charge in [0.25, 0.3) is 0 Å². The first kappa shape index (κ1) is 14.5. The number of amides is 1. The number of benzene rings is 1. The SMILES string of the molecule is CCNC(=O)CCOc1ccc(S(N)(=O)=O)cc1. The van der Waals surface area contributed by atoms with E-state index in [9.17, 15) is 13.2 Å². The third-order valence-corrected chi connectivity index (χ3v) is 3.05. The van der Waals surface area contributed by atoms with Crippen molar-refractivity contribution in [3.05, 3.63) is 24.3 Å². The average Bonchev–Trinajstić information content (AvgIpc) is 2.29. The Bertz CT molecular complexity index is 496. The number of hydrogen-bond donors (Lipinski definition) is 2. The molecule has 0 radical (unpaired) electrons. The van der Waals surface area contributed by atoms with Crippen molar-refractivity contribution in [3.8, 4) is 5.75 Å². The maximum atomic E-state index is 11.1. The van der Waals surface area contributed by atoms with Crippen LogP contribution in [0, 0.1) is 0 Å². The maximum Gasteiger partial charge on any atom is 0.238 e. The zero-order valence-electron chi connectivity index (χ0n) is 10.0. The summed E-state index contributed by atoms with van der Waals surface area (Å²) in [6, 6.07) is 5.71. The summed E-state index contributed by atoms with van der Waals surface area (Å²) in [4.78, 5) is 11.2. The molecular formula is C11H16N2O4S. The Hall–Kier alpha value is -1.60. The van der Waals surface area contributed by atoms with Gasteiger partial charge in [0.1, 0.15) is 5.75 Å². The van der Waals surface area contributed by atoms with Gasteiger partial charge in [-0.15, -0.1) is 0 Å². The van der Waals surface area contributed by atoms with Crippen molar-refractivity contribution in [3.63, 3.8) is 0 Å². The van der Waals surface area contributed by atoms with Crippen LogP contribution in [0.2, 0.25) is 0 Å². The summed E-state index contributed by atoms with van der Waals surface area (Å²) in [5, 5.41) is 7.60. The predicted molar refractivity (Wildman–Crippen MR) is 66.6 cm³/mol. The number of ether oxygens (including phenoxy) is 1. The van der Waals surface area contributed by atoms with Crippen LogP contribution in [0.3, 0.4) is 0 Å². The van der Waals surface area contributed by atoms with Crippen LogP contribution in [0.25, 0.3) is 0 Å². The van der Waals surface area contributed by atoms with E-state index in [-0.39, 0.29) is 23.8 Å². The highest BCUT2D eigenvalue weighted by Gasteiger charge is 2.07. The Labute approximate surface area is 106 Å². The van der Waals surface area contributed by atoms with Crippen molar-refractivity contribution in [2.24, 2.45) is 5.14 Å². The summed E-state index contributed by atoms with van der Waals surface area (Å²) in [6.45, 7) is 2.66. The number of hydrogen-bond acceptors (Lipinski definition) is 4. The lowest BCUT2D eigenvalue weighted by molar-refractivity contribution is -0.121. The molecule has 100 valence electrons. The molecule has 0 saturated carbocycles. The van der Waals surface area contributed by atoms with Gasteiger partial charge in [-0.2, -0.15) is 0 Å². The fourth-order valence-electron chi connectivity index (χ4n) is 1.27. The van der Waals surface area contributed by atoms with Crippen LogP contribution >= 0.6 is 0 Å². The zero-order chi connectivity index (χ0) is 13.6. The van der Waals surface area contributed by atoms with E-state index in [1.165, 1.54) is 24.3 Å². The first-order chi connectivity index (χ1) is 8.43. The average molecular weight is 272 g/mol. The van der Waals surface area contributed by atoms with Gasteiger partial charge in [-0.1, -0.05) is 0 Å². The summed E-state index contributed by atoms with van der Waals surface area (Å²) >= 11 is 0. The van der Waals surface area contributed by atoms with E-state index >= 15 is 0 Å². The maximum absolute atomic E-state index is 11.1. The van der Waals surface area contributed by atoms with Crippen molar-refractivity contribution in [1.82, 2.24) is 5.32 Å². The minimum atomic E-state index is -3.68. The van der Waals surface area contributed by atoms with Crippen molar-refractivity contribution in [2.45, 2.75) is 18.2 Å². The molecule has 1 amide bonds. The molecule has 1 rings (SSSR count). The molecule has 3 N–H and O–H groups in total. The number of carbonyl (C=O) groups is 1. The molecular weight excluding hydrogens is 256 g/mol. The second kappa shape index (κ2) is 6.36. The second-order valence-electron chi connectivity index (χ2n) is 3.57. The van der Waals surface area contributed by atoms with Crippen LogP contribution in [0.1, 0.15) is 13.3 Å². The van der Waals surface area contributed by atoms with Crippen LogP contribution in [-0.2, 0) is 14.8 Å². The molecule has 1 aromatic rings. The Balaban J connectivity index is 2.47. The second-order valence-corrected chi connectivity index (χ2v) is 5.13. The first-order valence-corrected chi connectivity index (χ1v) is 7.00. The minimum absolute atomic E-state index is 0.0265. The number of rotatable bonds is 6. The standard InChI is InChI=1S/C11H16N2O4S/c1-2-13-11(14)7-8-17-9-3-5-10(6-4-9)18(12,15)16/h3-6H,2,7-8H2,1H3,(H,13,14)(H2,12,15,16). The van der Waals surface area contributed by atoms with Gasteiger partial charge in [-0.05, 0) is 31.2 Å². The van der Waals surface area contributed by atoms with Crippen LogP contribution < -0.4 is 15.2 Å². The van der Waals surface area contributed by atoms with Crippen LogP contribution in [-0.4, -0.2) is 27.5 Å². The van der Waals surface area contributed by atoms with Crippen LogP contribution in [0.4, 0.5) is 0 Å². The third-order valence-electron chi connectivity index (χ3n) is 2.12. The van der Waals surface area contributed by atoms with Gasteiger partial charge in [0.15, 0.2) is 0 Å². The van der Waals surface area contributed by atoms with Crippen LogP contribution in [0.5, 0.6) is 5.75 Å². The van der Waals surface area contributed by atoms with Gasteiger partial charge in [0, 0.05) is 6.54 Å². The molecule has 6 nitrogen and oxygen atoms in total. The number of nitrogens with one attached hydrogen (secondary N) is 1. The van der Waals surface area contributed by atoms with E-state index in [1.54, 1.807) is 0 Å². The molecule has 18 heavy (non-hydrogen) atoms. The molecule has 0 bridgehead atoms. The highest BCUT2D eigenvalue weighted by atomic mass is 32.2. The summed E-state index contributed by atoms with van der Waals surface area (Å²) in [7, 11) is -3.68. The molecule has 0 saturated heterocycles. The Morgan fingerprint density at radius 1 is 1.33 bits per heavy atom. The molecule has 0 unspecified atom stereocenters. The van der Waals surface area contributed by atoms with Crippen LogP contribution in [0.15, 0.2) is 29.2 Å². The van der Waals surface area contributed by atoms with Gasteiger partial charge in [-0.3, -0.25) is 4.79 Å². The first-order valence-electron chi connectivity index (χ1n) is 5.46. The largest absolute Gasteiger partial charge is 0.493 e. The van der Waals surface area contributed by atoms with Crippen molar-refractivity contribution in [2.75, 3.05) is 13.2 Å². The Morgan fingerprint density at radius 2 is 1.94 bits per heavy atom. The lowest BCUT2D eigenvalue weighted by Gasteiger charge is -2.06. The highest BCUT2D eigenvalue weighted by Crippen LogP contribution is 2.14. The van der Waals surface area contributed by atoms with E-state index in [0.717, 1.165) is 0 Å². The van der Waals surface area contributed by atoms with Crippen molar-refractivity contribution >= 4 is 15.9 Å². The molecule has 0 aliphatic heterocycles. The van der Waals surface area contributed by atoms with Gasteiger partial charge >= 0.3 is 0 Å². The molecule has 7 heteroatoms. The molecule has 0 aliphatic rings. The normalized spacial score (nSPS) is 11.0. The number of sulfonamides is 1. The van der Waals surface area contributed by atoms with Crippen molar-refractivity contribution < 1.29 is 17.9 Å². The van der Waals surface area contributed by atoms with E-state index in [4.69, 9.17) is 9.88 Å². The molecule has 1 aromatic carbocycles. The Kier molecular flexibility index (Phi) is 5.11. The number of carbonyl (C=O) groups excluding carboxylic acids is 1. The smallest absolute Gasteiger partial charge is 0.238 e. The lowest BCUT2D eigenvalue weighted by atomic mass is 10.3. The predicted octanol–water partition coefficient (Wildman–Crippen LogP) is 0.239. The van der Waals surface area contributed by atoms with E-state index in [0.29, 0.717) is 12.3 Å². The number of primary sulfonamides is 1. The quantitative estimate of drug-likeness (QED) is 0.775. The van der Waals surface area contributed by atoms with Gasteiger partial charge in [-0.25, -0.2) is 13.6 Å². The van der Waals surface area contributed by atoms with E-state index in [2.05, 4.69) is 5.32 Å². The van der Waals surface area contributed by atoms with E-state index in [1.807, 2.05) is 6.92 Å². The fourth-order valence-corrected chi connectivity index (χ4v) is 1.79. The summed E-state index contributed by atoms with van der Waals surface area (Å²) in [6.07, 6.45) is 0.255. The monoisotopic (exact) mass is 272 g/mol. The van der Waals surface area contributed by atoms with Gasteiger partial charge in [0.05, 0.1) is 17.9 Å². The highest BCUT2D eigenvalue weighted by molar-refractivity contribution is 7.89.